The molecule has 0 saturated carbocycles. The summed E-state index contributed by atoms with van der Waals surface area (Å²) in [6.45, 7) is 6.35. The molecule has 0 radical (unpaired) electrons. The number of hydrogen-bond donors (Lipinski definition) is 0. The zero-order valence-electron chi connectivity index (χ0n) is 16.6. The molecule has 1 fully saturated rings. The molecule has 4 rings (SSSR count). The van der Waals surface area contributed by atoms with Crippen LogP contribution in [0, 0.1) is 0 Å². The first kappa shape index (κ1) is 18.5. The summed E-state index contributed by atoms with van der Waals surface area (Å²) in [5.74, 6) is 0.461. The van der Waals surface area contributed by atoms with Gasteiger partial charge in [0, 0.05) is 31.0 Å². The Morgan fingerprint density at radius 3 is 2.50 bits per heavy atom. The third kappa shape index (κ3) is 3.49. The SMILES string of the molecule is CC(C)c1ccc(N2CCN(CC(=O)N3CCCc4ccccc43)C2=O)cc1. The number of urea groups is 1. The van der Waals surface area contributed by atoms with Crippen LogP contribution >= 0.6 is 0 Å². The third-order valence-corrected chi connectivity index (χ3v) is 5.70. The number of benzene rings is 2. The topological polar surface area (TPSA) is 43.9 Å². The Labute approximate surface area is 166 Å². The Morgan fingerprint density at radius 1 is 1.00 bits per heavy atom. The van der Waals surface area contributed by atoms with E-state index in [1.54, 1.807) is 9.80 Å². The van der Waals surface area contributed by atoms with E-state index < -0.39 is 0 Å². The van der Waals surface area contributed by atoms with Crippen molar-refractivity contribution in [3.05, 3.63) is 59.7 Å². The number of rotatable bonds is 4. The van der Waals surface area contributed by atoms with Gasteiger partial charge < -0.3 is 9.80 Å². The Balaban J connectivity index is 1.44. The number of carbonyl (C=O) groups excluding carboxylic acids is 2. The standard InChI is InChI=1S/C23H27N3O2/c1-17(2)18-9-11-20(12-10-18)25-15-14-24(23(25)28)16-22(27)26-13-5-7-19-6-3-4-8-21(19)26/h3-4,6,8-12,17H,5,7,13-16H2,1-2H3. The lowest BCUT2D eigenvalue weighted by Gasteiger charge is -2.30. The molecule has 1 saturated heterocycles. The molecule has 2 heterocycles. The van der Waals surface area contributed by atoms with Crippen LogP contribution in [0.1, 0.15) is 37.3 Å². The first-order valence-electron chi connectivity index (χ1n) is 10.1. The van der Waals surface area contributed by atoms with Gasteiger partial charge in [-0.25, -0.2) is 4.79 Å². The van der Waals surface area contributed by atoms with Gasteiger partial charge in [0.15, 0.2) is 0 Å². The molecule has 5 nitrogen and oxygen atoms in total. The molecule has 2 aliphatic heterocycles. The van der Waals surface area contributed by atoms with Gasteiger partial charge >= 0.3 is 6.03 Å². The Morgan fingerprint density at radius 2 is 1.75 bits per heavy atom. The summed E-state index contributed by atoms with van der Waals surface area (Å²) in [6, 6.07) is 16.1. The molecule has 5 heteroatoms. The van der Waals surface area contributed by atoms with Crippen molar-refractivity contribution in [3.63, 3.8) is 0 Å². The summed E-state index contributed by atoms with van der Waals surface area (Å²) < 4.78 is 0. The number of amides is 3. The summed E-state index contributed by atoms with van der Waals surface area (Å²) in [7, 11) is 0. The van der Waals surface area contributed by atoms with Crippen LogP contribution in [-0.2, 0) is 11.2 Å². The quantitative estimate of drug-likeness (QED) is 0.807. The number of aryl methyl sites for hydroxylation is 1. The molecular weight excluding hydrogens is 350 g/mol. The zero-order chi connectivity index (χ0) is 19.7. The van der Waals surface area contributed by atoms with Gasteiger partial charge in [-0.2, -0.15) is 0 Å². The molecule has 2 aromatic rings. The van der Waals surface area contributed by atoms with Crippen LogP contribution < -0.4 is 9.80 Å². The number of anilines is 2. The van der Waals surface area contributed by atoms with Crippen LogP contribution in [-0.4, -0.2) is 43.0 Å². The molecule has 0 atom stereocenters. The maximum Gasteiger partial charge on any atom is 0.325 e. The molecule has 2 aliphatic rings. The second kappa shape index (κ2) is 7.66. The molecule has 3 amide bonds. The van der Waals surface area contributed by atoms with Crippen molar-refractivity contribution in [1.29, 1.82) is 0 Å². The number of hydrogen-bond acceptors (Lipinski definition) is 2. The second-order valence-electron chi connectivity index (χ2n) is 7.88. The lowest BCUT2D eigenvalue weighted by atomic mass is 10.0. The predicted octanol–water partition coefficient (Wildman–Crippen LogP) is 4.03. The van der Waals surface area contributed by atoms with Gasteiger partial charge in [0.05, 0.1) is 0 Å². The van der Waals surface area contributed by atoms with E-state index in [0.717, 1.165) is 30.8 Å². The van der Waals surface area contributed by atoms with E-state index in [-0.39, 0.29) is 18.5 Å². The Bertz CT molecular complexity index is 876. The van der Waals surface area contributed by atoms with E-state index in [1.807, 2.05) is 35.2 Å². The number of nitrogens with zero attached hydrogens (tertiary/aromatic N) is 3. The number of carbonyl (C=O) groups is 2. The van der Waals surface area contributed by atoms with Gasteiger partial charge in [-0.1, -0.05) is 44.2 Å². The average Bonchev–Trinajstić information content (AvgIpc) is 3.07. The highest BCUT2D eigenvalue weighted by Gasteiger charge is 2.33. The Kier molecular flexibility index (Phi) is 5.07. The highest BCUT2D eigenvalue weighted by Crippen LogP contribution is 2.28. The maximum atomic E-state index is 12.9. The normalized spacial score (nSPS) is 16.7. The monoisotopic (exact) mass is 377 g/mol. The average molecular weight is 377 g/mol. The first-order valence-corrected chi connectivity index (χ1v) is 10.1. The van der Waals surface area contributed by atoms with Crippen molar-refractivity contribution in [1.82, 2.24) is 4.90 Å². The van der Waals surface area contributed by atoms with Crippen molar-refractivity contribution in [2.75, 3.05) is 36.0 Å². The van der Waals surface area contributed by atoms with Crippen molar-refractivity contribution < 1.29 is 9.59 Å². The van der Waals surface area contributed by atoms with Gasteiger partial charge in [0.25, 0.3) is 0 Å². The first-order chi connectivity index (χ1) is 13.5. The summed E-state index contributed by atoms with van der Waals surface area (Å²) in [5, 5.41) is 0. The number of para-hydroxylation sites is 1. The van der Waals surface area contributed by atoms with Crippen LogP contribution in [0.2, 0.25) is 0 Å². The van der Waals surface area contributed by atoms with Crippen LogP contribution in [0.5, 0.6) is 0 Å². The van der Waals surface area contributed by atoms with E-state index in [1.165, 1.54) is 11.1 Å². The molecule has 0 aliphatic carbocycles. The molecule has 2 aromatic carbocycles. The molecule has 0 unspecified atom stereocenters. The second-order valence-corrected chi connectivity index (χ2v) is 7.88. The molecule has 0 bridgehead atoms. The van der Waals surface area contributed by atoms with E-state index in [4.69, 9.17) is 0 Å². The molecule has 146 valence electrons. The van der Waals surface area contributed by atoms with Gasteiger partial charge in [0.2, 0.25) is 5.91 Å². The minimum atomic E-state index is -0.0871. The molecule has 0 spiro atoms. The van der Waals surface area contributed by atoms with Crippen LogP contribution in [0.25, 0.3) is 0 Å². The van der Waals surface area contributed by atoms with E-state index >= 15 is 0 Å². The van der Waals surface area contributed by atoms with Crippen molar-refractivity contribution in [2.45, 2.75) is 32.6 Å². The van der Waals surface area contributed by atoms with Crippen molar-refractivity contribution in [2.24, 2.45) is 0 Å². The van der Waals surface area contributed by atoms with Gasteiger partial charge in [0.1, 0.15) is 6.54 Å². The van der Waals surface area contributed by atoms with E-state index in [2.05, 4.69) is 32.0 Å². The lowest BCUT2D eigenvalue weighted by molar-refractivity contribution is -0.119. The van der Waals surface area contributed by atoms with Crippen LogP contribution in [0.3, 0.4) is 0 Å². The summed E-state index contributed by atoms with van der Waals surface area (Å²) in [6.07, 6.45) is 1.97. The van der Waals surface area contributed by atoms with E-state index in [0.29, 0.717) is 19.0 Å². The fourth-order valence-corrected chi connectivity index (χ4v) is 4.05. The number of fused-ring (bicyclic) bond motifs is 1. The fourth-order valence-electron chi connectivity index (χ4n) is 4.05. The third-order valence-electron chi connectivity index (χ3n) is 5.70. The van der Waals surface area contributed by atoms with Crippen LogP contribution in [0.4, 0.5) is 16.2 Å². The van der Waals surface area contributed by atoms with Gasteiger partial charge in [-0.15, -0.1) is 0 Å². The predicted molar refractivity (Wildman–Crippen MR) is 112 cm³/mol. The van der Waals surface area contributed by atoms with Crippen molar-refractivity contribution in [3.8, 4) is 0 Å². The fraction of sp³-hybridized carbons (Fsp3) is 0.391. The molecule has 28 heavy (non-hydrogen) atoms. The highest BCUT2D eigenvalue weighted by molar-refractivity contribution is 6.01. The minimum Gasteiger partial charge on any atom is -0.313 e. The van der Waals surface area contributed by atoms with E-state index in [9.17, 15) is 9.59 Å². The van der Waals surface area contributed by atoms with Crippen molar-refractivity contribution >= 4 is 23.3 Å². The van der Waals surface area contributed by atoms with Gasteiger partial charge in [-0.3, -0.25) is 9.69 Å². The largest absolute Gasteiger partial charge is 0.325 e. The molecule has 0 N–H and O–H groups in total. The summed E-state index contributed by atoms with van der Waals surface area (Å²) in [5.41, 5.74) is 4.35. The Hall–Kier alpha value is -2.82. The van der Waals surface area contributed by atoms with Gasteiger partial charge in [-0.05, 0) is 48.1 Å². The minimum absolute atomic E-state index is 0.00231. The highest BCUT2D eigenvalue weighted by atomic mass is 16.2. The smallest absolute Gasteiger partial charge is 0.313 e. The summed E-state index contributed by atoms with van der Waals surface area (Å²) >= 11 is 0. The molecular formula is C23H27N3O2. The summed E-state index contributed by atoms with van der Waals surface area (Å²) in [4.78, 5) is 31.1. The maximum absolute atomic E-state index is 12.9. The lowest BCUT2D eigenvalue weighted by Crippen LogP contribution is -2.44. The molecule has 0 aromatic heterocycles. The van der Waals surface area contributed by atoms with Crippen LogP contribution in [0.15, 0.2) is 48.5 Å². The zero-order valence-corrected chi connectivity index (χ0v) is 16.6.